The molecule has 2 fully saturated rings. The number of rotatable bonds is 6. The van der Waals surface area contributed by atoms with E-state index in [2.05, 4.69) is 0 Å². The molecular formula is C23H22N2O4S. The van der Waals surface area contributed by atoms with Crippen molar-refractivity contribution in [3.05, 3.63) is 58.3 Å². The van der Waals surface area contributed by atoms with Gasteiger partial charge in [0.05, 0.1) is 22.8 Å². The number of carbonyl (C=O) groups is 3. The van der Waals surface area contributed by atoms with Gasteiger partial charge in [0.1, 0.15) is 6.04 Å². The molecule has 30 heavy (non-hydrogen) atoms. The Morgan fingerprint density at radius 3 is 2.67 bits per heavy atom. The van der Waals surface area contributed by atoms with Gasteiger partial charge in [-0.1, -0.05) is 36.4 Å². The average Bonchev–Trinajstić information content (AvgIpc) is 3.46. The first kappa shape index (κ1) is 19.2. The molecule has 0 N–H and O–H groups in total. The molecule has 0 bridgehead atoms. The number of hydrogen-bond donors (Lipinski definition) is 0. The number of hydrogen-bond acceptors (Lipinski definition) is 6. The molecule has 0 radical (unpaired) electrons. The van der Waals surface area contributed by atoms with Crippen molar-refractivity contribution >= 4 is 40.7 Å². The van der Waals surface area contributed by atoms with Crippen LogP contribution in [0.3, 0.4) is 0 Å². The van der Waals surface area contributed by atoms with Crippen molar-refractivity contribution in [1.29, 1.82) is 0 Å². The first-order valence-electron chi connectivity index (χ1n) is 10.1. The van der Waals surface area contributed by atoms with E-state index < -0.39 is 17.9 Å². The molecule has 0 unspecified atom stereocenters. The number of fused-ring (bicyclic) bond motifs is 5. The van der Waals surface area contributed by atoms with Crippen LogP contribution >= 0.6 is 11.3 Å². The van der Waals surface area contributed by atoms with Gasteiger partial charge in [-0.15, -0.1) is 11.3 Å². The molecular weight excluding hydrogens is 400 g/mol. The molecule has 1 aromatic carbocycles. The van der Waals surface area contributed by atoms with E-state index in [9.17, 15) is 14.4 Å². The largest absolute Gasteiger partial charge is 0.385 e. The van der Waals surface area contributed by atoms with Gasteiger partial charge in [0.25, 0.3) is 0 Å². The van der Waals surface area contributed by atoms with E-state index >= 15 is 0 Å². The van der Waals surface area contributed by atoms with Gasteiger partial charge in [-0.3, -0.25) is 19.3 Å². The number of carbonyl (C=O) groups excluding carboxylic acids is 3. The van der Waals surface area contributed by atoms with E-state index in [1.807, 2.05) is 52.8 Å². The molecule has 3 aliphatic rings. The summed E-state index contributed by atoms with van der Waals surface area (Å²) in [4.78, 5) is 44.2. The molecule has 2 amide bonds. The SMILES string of the molecule is COCCCN1C(=O)[C@@H]2[C@@H](C1=O)[C@@H]1C=Cc3ccccc3N1[C@@H]2C(=O)c1cccs1. The maximum absolute atomic E-state index is 13.6. The fourth-order valence-corrected chi connectivity index (χ4v) is 5.72. The first-order chi connectivity index (χ1) is 14.6. The van der Waals surface area contributed by atoms with Gasteiger partial charge >= 0.3 is 0 Å². The van der Waals surface area contributed by atoms with Gasteiger partial charge in [0, 0.05) is 25.9 Å². The minimum Gasteiger partial charge on any atom is -0.385 e. The highest BCUT2D eigenvalue weighted by Crippen LogP contribution is 2.49. The van der Waals surface area contributed by atoms with Crippen LogP contribution < -0.4 is 4.90 Å². The van der Waals surface area contributed by atoms with E-state index in [0.29, 0.717) is 24.4 Å². The van der Waals surface area contributed by atoms with E-state index in [-0.39, 0.29) is 23.6 Å². The molecule has 0 spiro atoms. The summed E-state index contributed by atoms with van der Waals surface area (Å²) >= 11 is 1.37. The standard InChI is InChI=1S/C23H22N2O4S/c1-29-12-5-11-24-22(27)18-16-10-9-14-6-2-3-7-15(14)25(16)20(19(18)23(24)28)21(26)17-8-4-13-30-17/h2-4,6-10,13,16,18-20H,5,11-12H2,1H3/t16-,18-,19+,20-/m0/s1. The molecule has 5 rings (SSSR count). The maximum Gasteiger partial charge on any atom is 0.235 e. The third-order valence-corrected chi connectivity index (χ3v) is 7.15. The second kappa shape index (κ2) is 7.49. The fourth-order valence-electron chi connectivity index (χ4n) is 5.03. The molecule has 2 saturated heterocycles. The molecule has 0 saturated carbocycles. The molecule has 4 heterocycles. The van der Waals surface area contributed by atoms with Crippen molar-refractivity contribution in [2.75, 3.05) is 25.2 Å². The Kier molecular flexibility index (Phi) is 4.79. The highest BCUT2D eigenvalue weighted by molar-refractivity contribution is 7.12. The summed E-state index contributed by atoms with van der Waals surface area (Å²) in [6.07, 6.45) is 4.56. The van der Waals surface area contributed by atoms with Crippen LogP contribution in [-0.4, -0.2) is 54.8 Å². The summed E-state index contributed by atoms with van der Waals surface area (Å²) in [6, 6.07) is 10.5. The fraction of sp³-hybridized carbons (Fsp3) is 0.348. The van der Waals surface area contributed by atoms with E-state index in [4.69, 9.17) is 4.74 Å². The molecule has 2 aromatic rings. The highest BCUT2D eigenvalue weighted by atomic mass is 32.1. The summed E-state index contributed by atoms with van der Waals surface area (Å²) in [5.74, 6) is -1.72. The Hall–Kier alpha value is -2.77. The van der Waals surface area contributed by atoms with E-state index in [0.717, 1.165) is 11.3 Å². The average molecular weight is 423 g/mol. The summed E-state index contributed by atoms with van der Waals surface area (Å²) in [7, 11) is 1.60. The molecule has 4 atom stereocenters. The molecule has 1 aromatic heterocycles. The van der Waals surface area contributed by atoms with Gasteiger partial charge in [-0.25, -0.2) is 0 Å². The number of likely N-dealkylation sites (tertiary alicyclic amines) is 1. The summed E-state index contributed by atoms with van der Waals surface area (Å²) in [6.45, 7) is 0.804. The van der Waals surface area contributed by atoms with Gasteiger partial charge in [0.15, 0.2) is 5.78 Å². The van der Waals surface area contributed by atoms with Crippen molar-refractivity contribution in [1.82, 2.24) is 4.90 Å². The lowest BCUT2D eigenvalue weighted by molar-refractivity contribution is -0.140. The maximum atomic E-state index is 13.6. The Bertz CT molecular complexity index is 1030. The van der Waals surface area contributed by atoms with Crippen LogP contribution in [0.4, 0.5) is 5.69 Å². The Morgan fingerprint density at radius 1 is 1.10 bits per heavy atom. The molecule has 6 nitrogen and oxygen atoms in total. The summed E-state index contributed by atoms with van der Waals surface area (Å²) in [5, 5.41) is 1.86. The Balaban J connectivity index is 1.58. The third kappa shape index (κ3) is 2.76. The normalized spacial score (nSPS) is 26.7. The topological polar surface area (TPSA) is 66.9 Å². The van der Waals surface area contributed by atoms with Gasteiger partial charge < -0.3 is 9.64 Å². The lowest BCUT2D eigenvalue weighted by Crippen LogP contribution is -2.48. The number of ether oxygens (including phenoxy) is 1. The molecule has 7 heteroatoms. The monoisotopic (exact) mass is 422 g/mol. The summed E-state index contributed by atoms with van der Waals surface area (Å²) in [5.41, 5.74) is 1.90. The van der Waals surface area contributed by atoms with Crippen molar-refractivity contribution in [2.45, 2.75) is 18.5 Å². The predicted octanol–water partition coefficient (Wildman–Crippen LogP) is 2.85. The zero-order chi connectivity index (χ0) is 20.8. The number of ketones is 1. The van der Waals surface area contributed by atoms with Crippen molar-refractivity contribution < 1.29 is 19.1 Å². The van der Waals surface area contributed by atoms with E-state index in [1.54, 1.807) is 13.2 Å². The molecule has 3 aliphatic heterocycles. The lowest BCUT2D eigenvalue weighted by atomic mass is 9.87. The van der Waals surface area contributed by atoms with Crippen LogP contribution in [-0.2, 0) is 14.3 Å². The number of Topliss-reactive ketones (excluding diaryl/α,β-unsaturated/α-hetero) is 1. The van der Waals surface area contributed by atoms with Crippen molar-refractivity contribution in [3.8, 4) is 0 Å². The van der Waals surface area contributed by atoms with Crippen LogP contribution in [0.5, 0.6) is 0 Å². The number of anilines is 1. The van der Waals surface area contributed by atoms with Crippen molar-refractivity contribution in [3.63, 3.8) is 0 Å². The zero-order valence-corrected chi connectivity index (χ0v) is 17.4. The zero-order valence-electron chi connectivity index (χ0n) is 16.6. The number of thiophene rings is 1. The van der Waals surface area contributed by atoms with Crippen LogP contribution in [0.1, 0.15) is 21.7 Å². The number of para-hydroxylation sites is 1. The van der Waals surface area contributed by atoms with Crippen LogP contribution in [0.2, 0.25) is 0 Å². The summed E-state index contributed by atoms with van der Waals surface area (Å²) < 4.78 is 5.08. The van der Waals surface area contributed by atoms with Crippen LogP contribution in [0.15, 0.2) is 47.9 Å². The molecule has 154 valence electrons. The number of amides is 2. The van der Waals surface area contributed by atoms with Crippen LogP contribution in [0, 0.1) is 11.8 Å². The van der Waals surface area contributed by atoms with Gasteiger partial charge in [0.2, 0.25) is 11.8 Å². The van der Waals surface area contributed by atoms with Crippen LogP contribution in [0.25, 0.3) is 6.08 Å². The highest BCUT2D eigenvalue weighted by Gasteiger charge is 2.63. The third-order valence-electron chi connectivity index (χ3n) is 6.27. The predicted molar refractivity (Wildman–Crippen MR) is 114 cm³/mol. The quantitative estimate of drug-likeness (QED) is 0.407. The second-order valence-corrected chi connectivity index (χ2v) is 8.78. The number of methoxy groups -OCH3 is 1. The number of benzene rings is 1. The minimum atomic E-state index is -0.686. The van der Waals surface area contributed by atoms with Gasteiger partial charge in [-0.05, 0) is 29.5 Å². The Morgan fingerprint density at radius 2 is 1.90 bits per heavy atom. The lowest BCUT2D eigenvalue weighted by Gasteiger charge is -2.36. The molecule has 0 aliphatic carbocycles. The Labute approximate surface area is 178 Å². The van der Waals surface area contributed by atoms with Gasteiger partial charge in [-0.2, -0.15) is 0 Å². The number of nitrogens with zero attached hydrogens (tertiary/aromatic N) is 2. The smallest absolute Gasteiger partial charge is 0.235 e. The second-order valence-electron chi connectivity index (χ2n) is 7.83. The minimum absolute atomic E-state index is 0.0903. The van der Waals surface area contributed by atoms with Crippen molar-refractivity contribution in [2.24, 2.45) is 11.8 Å². The van der Waals surface area contributed by atoms with E-state index in [1.165, 1.54) is 16.2 Å². The first-order valence-corrected chi connectivity index (χ1v) is 11.0. The number of imide groups is 1.